The van der Waals surface area contributed by atoms with Crippen molar-refractivity contribution in [2.75, 3.05) is 32.8 Å². The van der Waals surface area contributed by atoms with Gasteiger partial charge >= 0.3 is 0 Å². The van der Waals surface area contributed by atoms with Crippen LogP contribution in [-0.2, 0) is 14.3 Å². The molecule has 1 aromatic carbocycles. The molecule has 4 rings (SSSR count). The Labute approximate surface area is 170 Å². The number of rotatable bonds is 4. The number of carbonyl (C=O) groups is 3. The van der Waals surface area contributed by atoms with Crippen LogP contribution in [0, 0.1) is 0 Å². The minimum Gasteiger partial charge on any atom is -0.372 e. The molecule has 7 nitrogen and oxygen atoms in total. The van der Waals surface area contributed by atoms with E-state index in [0.29, 0.717) is 57.6 Å². The molecule has 1 unspecified atom stereocenters. The van der Waals surface area contributed by atoms with Crippen LogP contribution in [0.5, 0.6) is 0 Å². The summed E-state index contributed by atoms with van der Waals surface area (Å²) >= 11 is 0. The number of amides is 3. The van der Waals surface area contributed by atoms with E-state index in [2.05, 4.69) is 11.9 Å². The fourth-order valence-corrected chi connectivity index (χ4v) is 4.57. The summed E-state index contributed by atoms with van der Waals surface area (Å²) in [5, 5.41) is 2.91. The van der Waals surface area contributed by atoms with Crippen molar-refractivity contribution in [1.29, 1.82) is 0 Å². The van der Waals surface area contributed by atoms with E-state index < -0.39 is 0 Å². The Morgan fingerprint density at radius 1 is 1.28 bits per heavy atom. The lowest BCUT2D eigenvalue weighted by Crippen LogP contribution is -2.53. The highest BCUT2D eigenvalue weighted by molar-refractivity contribution is 5.99. The third kappa shape index (κ3) is 3.92. The molecule has 0 aromatic heterocycles. The second-order valence-electron chi connectivity index (χ2n) is 8.04. The zero-order valence-electron chi connectivity index (χ0n) is 16.6. The zero-order chi connectivity index (χ0) is 20.4. The van der Waals surface area contributed by atoms with Gasteiger partial charge in [-0.2, -0.15) is 0 Å². The lowest BCUT2D eigenvalue weighted by Gasteiger charge is -2.42. The minimum absolute atomic E-state index is 0.0366. The highest BCUT2D eigenvalue weighted by Gasteiger charge is 2.41. The number of piperidine rings is 1. The van der Waals surface area contributed by atoms with Crippen molar-refractivity contribution in [2.24, 2.45) is 0 Å². The molecule has 1 aromatic rings. The number of carbonyl (C=O) groups excluding carboxylic acids is 3. The standard InChI is InChI=1S/C22H27N3O4/c1-2-10-25-15-22(29-13-7-19(25)26)8-11-24(12-9-22)20(27)14-18-16-5-3-4-6-17(16)21(28)23-18/h2-6,18H,1,7-15H2,(H,23,28). The van der Waals surface area contributed by atoms with Gasteiger partial charge in [-0.15, -0.1) is 6.58 Å². The SMILES string of the molecule is C=CCN1CC2(CCN(C(=O)CC3NC(=O)c4ccccc43)CC2)OCCC1=O. The molecule has 0 saturated carbocycles. The van der Waals surface area contributed by atoms with E-state index in [9.17, 15) is 14.4 Å². The van der Waals surface area contributed by atoms with E-state index in [1.807, 2.05) is 28.0 Å². The van der Waals surface area contributed by atoms with Crippen LogP contribution < -0.4 is 5.32 Å². The maximum Gasteiger partial charge on any atom is 0.252 e. The molecule has 0 aliphatic carbocycles. The first-order valence-electron chi connectivity index (χ1n) is 10.2. The number of nitrogens with one attached hydrogen (secondary N) is 1. The summed E-state index contributed by atoms with van der Waals surface area (Å²) in [5.74, 6) is 0.0141. The third-order valence-electron chi connectivity index (χ3n) is 6.20. The number of hydrogen-bond acceptors (Lipinski definition) is 4. The van der Waals surface area contributed by atoms with Crippen LogP contribution in [0.15, 0.2) is 36.9 Å². The van der Waals surface area contributed by atoms with Crippen molar-refractivity contribution in [3.63, 3.8) is 0 Å². The molecule has 154 valence electrons. The molecule has 7 heteroatoms. The summed E-state index contributed by atoms with van der Waals surface area (Å²) in [7, 11) is 0. The van der Waals surface area contributed by atoms with Gasteiger partial charge < -0.3 is 19.9 Å². The van der Waals surface area contributed by atoms with Gasteiger partial charge in [0.2, 0.25) is 11.8 Å². The average molecular weight is 397 g/mol. The monoisotopic (exact) mass is 397 g/mol. The minimum atomic E-state index is -0.389. The Morgan fingerprint density at radius 3 is 2.79 bits per heavy atom. The van der Waals surface area contributed by atoms with Gasteiger partial charge in [-0.25, -0.2) is 0 Å². The fraction of sp³-hybridized carbons (Fsp3) is 0.500. The van der Waals surface area contributed by atoms with Crippen molar-refractivity contribution < 1.29 is 19.1 Å². The second kappa shape index (κ2) is 7.99. The number of likely N-dealkylation sites (tertiary alicyclic amines) is 1. The molecule has 3 amide bonds. The lowest BCUT2D eigenvalue weighted by molar-refractivity contribution is -0.140. The normalized spacial score (nSPS) is 23.5. The van der Waals surface area contributed by atoms with Crippen LogP contribution in [0.4, 0.5) is 0 Å². The molecule has 0 bridgehead atoms. The molecule has 1 atom stereocenters. The van der Waals surface area contributed by atoms with Crippen LogP contribution in [0.25, 0.3) is 0 Å². The number of fused-ring (bicyclic) bond motifs is 1. The maximum absolute atomic E-state index is 12.9. The molecule has 2 saturated heterocycles. The van der Waals surface area contributed by atoms with E-state index in [1.165, 1.54) is 0 Å². The Bertz CT molecular complexity index is 829. The van der Waals surface area contributed by atoms with Gasteiger partial charge in [0.15, 0.2) is 0 Å². The molecule has 2 fully saturated rings. The summed E-state index contributed by atoms with van der Waals surface area (Å²) in [6, 6.07) is 7.15. The molecule has 1 N–H and O–H groups in total. The van der Waals surface area contributed by atoms with Crippen molar-refractivity contribution in [3.05, 3.63) is 48.0 Å². The molecule has 1 spiro atoms. The first-order chi connectivity index (χ1) is 14.0. The number of hydrogen-bond donors (Lipinski definition) is 1. The third-order valence-corrected chi connectivity index (χ3v) is 6.20. The quantitative estimate of drug-likeness (QED) is 0.784. The topological polar surface area (TPSA) is 78.9 Å². The fourth-order valence-electron chi connectivity index (χ4n) is 4.57. The predicted octanol–water partition coefficient (Wildman–Crippen LogP) is 1.66. The van der Waals surface area contributed by atoms with Crippen molar-refractivity contribution in [2.45, 2.75) is 37.3 Å². The molecule has 29 heavy (non-hydrogen) atoms. The first-order valence-corrected chi connectivity index (χ1v) is 10.2. The largest absolute Gasteiger partial charge is 0.372 e. The number of nitrogens with zero attached hydrogens (tertiary/aromatic N) is 2. The zero-order valence-corrected chi connectivity index (χ0v) is 16.6. The highest BCUT2D eigenvalue weighted by atomic mass is 16.5. The summed E-state index contributed by atoms with van der Waals surface area (Å²) in [6.07, 6.45) is 3.79. The molecule has 3 aliphatic heterocycles. The van der Waals surface area contributed by atoms with E-state index in [0.717, 1.165) is 5.56 Å². The van der Waals surface area contributed by atoms with E-state index in [1.54, 1.807) is 12.1 Å². The first kappa shape index (κ1) is 19.6. The highest BCUT2D eigenvalue weighted by Crippen LogP contribution is 2.32. The Balaban J connectivity index is 1.37. The van der Waals surface area contributed by atoms with Crippen molar-refractivity contribution in [3.8, 4) is 0 Å². The Morgan fingerprint density at radius 2 is 2.03 bits per heavy atom. The van der Waals surface area contributed by atoms with Gasteiger partial charge in [0.05, 0.1) is 37.6 Å². The van der Waals surface area contributed by atoms with Gasteiger partial charge in [0, 0.05) is 25.2 Å². The predicted molar refractivity (Wildman–Crippen MR) is 107 cm³/mol. The van der Waals surface area contributed by atoms with Crippen LogP contribution >= 0.6 is 0 Å². The summed E-state index contributed by atoms with van der Waals surface area (Å²) in [4.78, 5) is 40.9. The van der Waals surface area contributed by atoms with Crippen LogP contribution in [-0.4, -0.2) is 65.9 Å². The number of ether oxygens (including phenoxy) is 1. The Hall–Kier alpha value is -2.67. The van der Waals surface area contributed by atoms with Gasteiger partial charge in [-0.05, 0) is 24.5 Å². The smallest absolute Gasteiger partial charge is 0.252 e. The molecule has 3 heterocycles. The lowest BCUT2D eigenvalue weighted by atomic mass is 9.90. The van der Waals surface area contributed by atoms with Gasteiger partial charge in [-0.1, -0.05) is 24.3 Å². The van der Waals surface area contributed by atoms with Gasteiger partial charge in [-0.3, -0.25) is 14.4 Å². The summed E-state index contributed by atoms with van der Waals surface area (Å²) < 4.78 is 6.11. The Kier molecular flexibility index (Phi) is 5.41. The van der Waals surface area contributed by atoms with Crippen LogP contribution in [0.3, 0.4) is 0 Å². The second-order valence-corrected chi connectivity index (χ2v) is 8.04. The van der Waals surface area contributed by atoms with E-state index >= 15 is 0 Å². The number of benzene rings is 1. The van der Waals surface area contributed by atoms with Crippen molar-refractivity contribution >= 4 is 17.7 Å². The van der Waals surface area contributed by atoms with E-state index in [4.69, 9.17) is 4.74 Å². The molecule has 0 radical (unpaired) electrons. The van der Waals surface area contributed by atoms with Crippen molar-refractivity contribution in [1.82, 2.24) is 15.1 Å². The van der Waals surface area contributed by atoms with E-state index in [-0.39, 0.29) is 35.8 Å². The average Bonchev–Trinajstić information content (AvgIpc) is 2.95. The maximum atomic E-state index is 12.9. The van der Waals surface area contributed by atoms with Crippen LogP contribution in [0.2, 0.25) is 0 Å². The summed E-state index contributed by atoms with van der Waals surface area (Å²) in [6.45, 7) is 6.42. The molecular formula is C22H27N3O4. The molecule has 3 aliphatic rings. The summed E-state index contributed by atoms with van der Waals surface area (Å²) in [5.41, 5.74) is 1.16. The van der Waals surface area contributed by atoms with Crippen LogP contribution in [0.1, 0.15) is 47.6 Å². The van der Waals surface area contributed by atoms with Gasteiger partial charge in [0.1, 0.15) is 0 Å². The molecular weight excluding hydrogens is 370 g/mol. The van der Waals surface area contributed by atoms with Gasteiger partial charge in [0.25, 0.3) is 5.91 Å².